The third kappa shape index (κ3) is 4.42. The zero-order chi connectivity index (χ0) is 17.2. The van der Waals surface area contributed by atoms with Crippen molar-refractivity contribution < 1.29 is 0 Å². The Morgan fingerprint density at radius 1 is 0.708 bits per heavy atom. The lowest BCUT2D eigenvalue weighted by Crippen LogP contribution is -2.39. The van der Waals surface area contributed by atoms with E-state index in [1.165, 1.54) is 84.2 Å². The van der Waals surface area contributed by atoms with Gasteiger partial charge in [0, 0.05) is 6.54 Å². The lowest BCUT2D eigenvalue weighted by Gasteiger charge is -2.38. The first-order chi connectivity index (χ1) is 11.4. The summed E-state index contributed by atoms with van der Waals surface area (Å²) >= 11 is 0. The third-order valence-corrected chi connectivity index (χ3v) is 7.26. The Morgan fingerprint density at radius 3 is 1.58 bits per heavy atom. The van der Waals surface area contributed by atoms with Crippen LogP contribution in [0, 0.1) is 10.8 Å². The molecule has 3 fully saturated rings. The van der Waals surface area contributed by atoms with Crippen LogP contribution in [0.25, 0.3) is 0 Å². The summed E-state index contributed by atoms with van der Waals surface area (Å²) in [6.07, 6.45) is 12.3. The van der Waals surface area contributed by atoms with Crippen molar-refractivity contribution in [2.45, 2.75) is 51.9 Å². The molecule has 2 spiro atoms. The molecule has 0 aromatic rings. The van der Waals surface area contributed by atoms with E-state index in [0.29, 0.717) is 10.8 Å². The van der Waals surface area contributed by atoms with Crippen LogP contribution >= 0.6 is 0 Å². The Hall–Kier alpha value is -0.380. The van der Waals surface area contributed by atoms with Crippen molar-refractivity contribution in [2.24, 2.45) is 10.8 Å². The number of rotatable bonds is 0. The summed E-state index contributed by atoms with van der Waals surface area (Å²) in [5, 5.41) is 0. The van der Waals surface area contributed by atoms with Crippen LogP contribution in [0.15, 0.2) is 11.6 Å². The van der Waals surface area contributed by atoms with E-state index < -0.39 is 0 Å². The second-order valence-corrected chi connectivity index (χ2v) is 9.53. The average Bonchev–Trinajstić information content (AvgIpc) is 3.11. The van der Waals surface area contributed by atoms with Crippen LogP contribution in [-0.2, 0) is 0 Å². The van der Waals surface area contributed by atoms with Gasteiger partial charge in [0.2, 0.25) is 0 Å². The van der Waals surface area contributed by atoms with Crippen LogP contribution in [0.3, 0.4) is 0 Å². The maximum atomic E-state index is 2.49. The number of hydrogen-bond donors (Lipinski definition) is 0. The molecule has 0 atom stereocenters. The molecular weight excluding hydrogens is 294 g/mol. The van der Waals surface area contributed by atoms with E-state index in [2.05, 4.69) is 48.8 Å². The fourth-order valence-electron chi connectivity index (χ4n) is 5.26. The van der Waals surface area contributed by atoms with Gasteiger partial charge in [-0.05, 0) is 117 Å². The zero-order valence-corrected chi connectivity index (χ0v) is 16.6. The van der Waals surface area contributed by atoms with Gasteiger partial charge in [-0.3, -0.25) is 0 Å². The summed E-state index contributed by atoms with van der Waals surface area (Å²) in [6.45, 7) is 10.2. The minimum absolute atomic E-state index is 0.691. The molecule has 0 saturated carbocycles. The van der Waals surface area contributed by atoms with E-state index in [4.69, 9.17) is 0 Å². The number of nitrogens with zero attached hydrogens (tertiary/aromatic N) is 3. The second kappa shape index (κ2) is 7.47. The van der Waals surface area contributed by atoms with Crippen molar-refractivity contribution in [1.29, 1.82) is 0 Å². The molecule has 0 amide bonds. The predicted molar refractivity (Wildman–Crippen MR) is 103 cm³/mol. The van der Waals surface area contributed by atoms with Gasteiger partial charge in [0.25, 0.3) is 0 Å². The molecule has 4 aliphatic rings. The maximum absolute atomic E-state index is 2.49. The second-order valence-electron chi connectivity index (χ2n) is 9.53. The molecule has 4 rings (SSSR count). The Labute approximate surface area is 150 Å². The van der Waals surface area contributed by atoms with Crippen molar-refractivity contribution in [3.63, 3.8) is 0 Å². The monoisotopic (exact) mass is 333 g/mol. The number of hydrogen-bond acceptors (Lipinski definition) is 3. The van der Waals surface area contributed by atoms with E-state index in [-0.39, 0.29) is 0 Å². The number of piperidine rings is 2. The first kappa shape index (κ1) is 18.4. The molecule has 3 aliphatic heterocycles. The largest absolute Gasteiger partial charge is 0.306 e. The van der Waals surface area contributed by atoms with Crippen molar-refractivity contribution in [1.82, 2.24) is 14.7 Å². The van der Waals surface area contributed by atoms with Gasteiger partial charge in [-0.25, -0.2) is 0 Å². The van der Waals surface area contributed by atoms with Crippen LogP contribution in [-0.4, -0.2) is 75.1 Å². The average molecular weight is 334 g/mol. The predicted octanol–water partition coefficient (Wildman–Crippen LogP) is 3.47. The molecule has 0 N–H and O–H groups in total. The maximum Gasteiger partial charge on any atom is 0.00364 e. The number of allylic oxidation sites excluding steroid dienone is 2. The van der Waals surface area contributed by atoms with E-state index in [1.54, 1.807) is 5.57 Å². The third-order valence-electron chi connectivity index (χ3n) is 7.26. The van der Waals surface area contributed by atoms with Crippen LogP contribution in [0.4, 0.5) is 0 Å². The van der Waals surface area contributed by atoms with Crippen molar-refractivity contribution in [3.05, 3.63) is 11.6 Å². The summed E-state index contributed by atoms with van der Waals surface area (Å²) in [7, 11) is 6.74. The summed E-state index contributed by atoms with van der Waals surface area (Å²) < 4.78 is 0. The summed E-state index contributed by atoms with van der Waals surface area (Å²) in [4.78, 5) is 7.41. The summed E-state index contributed by atoms with van der Waals surface area (Å²) in [5.41, 5.74) is 3.03. The molecule has 0 unspecified atom stereocenters. The fourth-order valence-corrected chi connectivity index (χ4v) is 5.26. The van der Waals surface area contributed by atoms with Gasteiger partial charge >= 0.3 is 0 Å². The molecule has 3 heterocycles. The van der Waals surface area contributed by atoms with E-state index in [9.17, 15) is 0 Å². The highest BCUT2D eigenvalue weighted by Crippen LogP contribution is 2.45. The van der Waals surface area contributed by atoms with Gasteiger partial charge in [-0.1, -0.05) is 11.6 Å². The van der Waals surface area contributed by atoms with Crippen LogP contribution < -0.4 is 0 Å². The fraction of sp³-hybridized carbons (Fsp3) is 0.905. The molecule has 0 aromatic carbocycles. The lowest BCUT2D eigenvalue weighted by molar-refractivity contribution is 0.130. The van der Waals surface area contributed by atoms with Crippen LogP contribution in [0.1, 0.15) is 51.9 Å². The highest BCUT2D eigenvalue weighted by molar-refractivity contribution is 5.13. The first-order valence-electron chi connectivity index (χ1n) is 10.1. The smallest absolute Gasteiger partial charge is 0.00364 e. The molecule has 3 heteroatoms. The normalized spacial score (nSPS) is 30.4. The Kier molecular flexibility index (Phi) is 5.73. The SMILES string of the molecule is CC1=CCC2(CCN(C)CC2)C1.CN1CCC2(CC1)CCN(C)C2. The molecule has 3 saturated heterocycles. The van der Waals surface area contributed by atoms with E-state index in [1.807, 2.05) is 0 Å². The quantitative estimate of drug-likeness (QED) is 0.629. The highest BCUT2D eigenvalue weighted by Gasteiger charge is 2.38. The van der Waals surface area contributed by atoms with Gasteiger partial charge in [0.05, 0.1) is 0 Å². The Balaban J connectivity index is 0.000000141. The molecule has 0 bridgehead atoms. The van der Waals surface area contributed by atoms with E-state index >= 15 is 0 Å². The molecule has 1 aliphatic carbocycles. The van der Waals surface area contributed by atoms with Gasteiger partial charge in [0.15, 0.2) is 0 Å². The van der Waals surface area contributed by atoms with Crippen LogP contribution in [0.2, 0.25) is 0 Å². The molecule has 24 heavy (non-hydrogen) atoms. The van der Waals surface area contributed by atoms with Gasteiger partial charge in [-0.15, -0.1) is 0 Å². The van der Waals surface area contributed by atoms with Gasteiger partial charge in [-0.2, -0.15) is 0 Å². The topological polar surface area (TPSA) is 9.72 Å². The molecular formula is C21H39N3. The first-order valence-corrected chi connectivity index (χ1v) is 10.1. The van der Waals surface area contributed by atoms with E-state index in [0.717, 1.165) is 0 Å². The van der Waals surface area contributed by atoms with Crippen molar-refractivity contribution >= 4 is 0 Å². The lowest BCUT2D eigenvalue weighted by atomic mass is 9.76. The Morgan fingerprint density at radius 2 is 1.17 bits per heavy atom. The van der Waals surface area contributed by atoms with Gasteiger partial charge < -0.3 is 14.7 Å². The molecule has 3 nitrogen and oxygen atoms in total. The van der Waals surface area contributed by atoms with Crippen LogP contribution in [0.5, 0.6) is 0 Å². The minimum Gasteiger partial charge on any atom is -0.306 e. The summed E-state index contributed by atoms with van der Waals surface area (Å²) in [5.74, 6) is 0. The number of likely N-dealkylation sites (tertiary alicyclic amines) is 3. The zero-order valence-electron chi connectivity index (χ0n) is 16.6. The molecule has 138 valence electrons. The minimum atomic E-state index is 0.691. The molecule has 0 aromatic heterocycles. The highest BCUT2D eigenvalue weighted by atomic mass is 15.2. The van der Waals surface area contributed by atoms with Crippen molar-refractivity contribution in [3.8, 4) is 0 Å². The van der Waals surface area contributed by atoms with Gasteiger partial charge in [0.1, 0.15) is 0 Å². The van der Waals surface area contributed by atoms with Crippen molar-refractivity contribution in [2.75, 3.05) is 60.4 Å². The molecule has 0 radical (unpaired) electrons. The Bertz CT molecular complexity index is 424. The standard InChI is InChI=1S/C11H19N.C10H20N2/c1-10-3-4-11(9-10)5-7-12(2)8-6-11;1-11-6-3-10(4-7-11)5-8-12(2)9-10/h3H,4-9H2,1-2H3;3-9H2,1-2H3. The summed E-state index contributed by atoms with van der Waals surface area (Å²) in [6, 6.07) is 0.